The maximum Gasteiger partial charge on any atom is 0.410 e. The van der Waals surface area contributed by atoms with Crippen molar-refractivity contribution in [1.29, 1.82) is 0 Å². The maximum atomic E-state index is 12.5. The van der Waals surface area contributed by atoms with E-state index in [1.807, 2.05) is 37.5 Å². The molecule has 2 aromatic rings. The molecule has 4 heterocycles. The van der Waals surface area contributed by atoms with Gasteiger partial charge in [-0.3, -0.25) is 14.9 Å². The van der Waals surface area contributed by atoms with E-state index in [0.29, 0.717) is 38.0 Å². The van der Waals surface area contributed by atoms with Crippen LogP contribution < -0.4 is 5.32 Å². The molecule has 0 aliphatic carbocycles. The molecular weight excluding hydrogens is 360 g/mol. The summed E-state index contributed by atoms with van der Waals surface area (Å²) in [4.78, 5) is 42.8. The Morgan fingerprint density at radius 3 is 2.79 bits per heavy atom. The molecule has 1 unspecified atom stereocenters. The van der Waals surface area contributed by atoms with Crippen LogP contribution in [0.4, 0.5) is 4.79 Å². The van der Waals surface area contributed by atoms with Crippen LogP contribution >= 0.6 is 0 Å². The number of hydrogen-bond donors (Lipinski definition) is 1. The van der Waals surface area contributed by atoms with Crippen LogP contribution in [-0.4, -0.2) is 44.5 Å². The summed E-state index contributed by atoms with van der Waals surface area (Å²) in [5.74, 6) is -0.535. The van der Waals surface area contributed by atoms with Gasteiger partial charge >= 0.3 is 6.09 Å². The van der Waals surface area contributed by atoms with E-state index in [1.165, 1.54) is 0 Å². The molecule has 1 atom stereocenters. The fraction of sp³-hybridized carbons (Fsp3) is 0.500. The summed E-state index contributed by atoms with van der Waals surface area (Å²) in [7, 11) is 0. The van der Waals surface area contributed by atoms with Gasteiger partial charge in [-0.2, -0.15) is 0 Å². The van der Waals surface area contributed by atoms with Gasteiger partial charge in [0.05, 0.1) is 6.54 Å². The number of pyridine rings is 1. The Balaban J connectivity index is 1.73. The van der Waals surface area contributed by atoms with E-state index in [9.17, 15) is 14.4 Å². The van der Waals surface area contributed by atoms with Crippen molar-refractivity contribution in [3.8, 4) is 0 Å². The predicted octanol–water partition coefficient (Wildman–Crippen LogP) is 2.31. The molecule has 0 saturated carbocycles. The highest BCUT2D eigenvalue weighted by Gasteiger charge is 2.35. The lowest BCUT2D eigenvalue weighted by Gasteiger charge is -2.32. The molecule has 28 heavy (non-hydrogen) atoms. The van der Waals surface area contributed by atoms with E-state index in [1.54, 1.807) is 11.1 Å². The Kier molecular flexibility index (Phi) is 4.36. The van der Waals surface area contributed by atoms with Crippen molar-refractivity contribution >= 4 is 28.9 Å². The van der Waals surface area contributed by atoms with Gasteiger partial charge in [0.15, 0.2) is 0 Å². The van der Waals surface area contributed by atoms with Crippen LogP contribution in [0.25, 0.3) is 11.0 Å². The molecule has 0 bridgehead atoms. The Morgan fingerprint density at radius 1 is 1.29 bits per heavy atom. The molecule has 1 N–H and O–H groups in total. The third kappa shape index (κ3) is 3.23. The van der Waals surface area contributed by atoms with Crippen molar-refractivity contribution in [2.45, 2.75) is 58.2 Å². The van der Waals surface area contributed by atoms with E-state index in [-0.39, 0.29) is 17.9 Å². The van der Waals surface area contributed by atoms with Gasteiger partial charge < -0.3 is 14.2 Å². The summed E-state index contributed by atoms with van der Waals surface area (Å²) in [6.45, 7) is 6.45. The minimum Gasteiger partial charge on any atom is -0.444 e. The number of fused-ring (bicyclic) bond motifs is 3. The quantitative estimate of drug-likeness (QED) is 0.762. The van der Waals surface area contributed by atoms with E-state index in [2.05, 4.69) is 10.3 Å². The average Bonchev–Trinajstić information content (AvgIpc) is 2.94. The second kappa shape index (κ2) is 6.61. The van der Waals surface area contributed by atoms with Gasteiger partial charge in [-0.15, -0.1) is 0 Å². The zero-order valence-corrected chi connectivity index (χ0v) is 16.3. The summed E-state index contributed by atoms with van der Waals surface area (Å²) >= 11 is 0. The molecule has 2 aromatic heterocycles. The molecule has 0 aromatic carbocycles. The zero-order valence-electron chi connectivity index (χ0n) is 16.3. The first-order valence-electron chi connectivity index (χ1n) is 9.53. The first-order valence-corrected chi connectivity index (χ1v) is 9.53. The molecule has 4 rings (SSSR count). The Hall–Kier alpha value is -2.90. The molecule has 0 spiro atoms. The molecule has 1 saturated heterocycles. The summed E-state index contributed by atoms with van der Waals surface area (Å²) in [6, 6.07) is 3.35. The van der Waals surface area contributed by atoms with Crippen molar-refractivity contribution in [2.24, 2.45) is 0 Å². The number of piperidine rings is 1. The molecule has 2 aliphatic rings. The van der Waals surface area contributed by atoms with E-state index < -0.39 is 11.6 Å². The highest BCUT2D eigenvalue weighted by Crippen LogP contribution is 2.35. The lowest BCUT2D eigenvalue weighted by molar-refractivity contribution is -0.135. The van der Waals surface area contributed by atoms with E-state index >= 15 is 0 Å². The van der Waals surface area contributed by atoms with Gasteiger partial charge in [-0.1, -0.05) is 0 Å². The number of hydrogen-bond acceptors (Lipinski definition) is 5. The monoisotopic (exact) mass is 384 g/mol. The molecule has 8 heteroatoms. The smallest absolute Gasteiger partial charge is 0.410 e. The van der Waals surface area contributed by atoms with Gasteiger partial charge in [-0.25, -0.2) is 9.78 Å². The van der Waals surface area contributed by atoms with Crippen molar-refractivity contribution < 1.29 is 19.1 Å². The fourth-order valence-electron chi connectivity index (χ4n) is 3.96. The second-order valence-corrected chi connectivity index (χ2v) is 8.29. The van der Waals surface area contributed by atoms with Crippen molar-refractivity contribution in [2.75, 3.05) is 6.54 Å². The van der Waals surface area contributed by atoms with E-state index in [0.717, 1.165) is 16.6 Å². The third-order valence-electron chi connectivity index (χ3n) is 5.12. The maximum absolute atomic E-state index is 12.5. The molecule has 0 radical (unpaired) electrons. The van der Waals surface area contributed by atoms with Gasteiger partial charge in [0.25, 0.3) is 0 Å². The Labute approximate surface area is 162 Å². The molecule has 148 valence electrons. The number of aromatic nitrogens is 2. The predicted molar refractivity (Wildman–Crippen MR) is 102 cm³/mol. The summed E-state index contributed by atoms with van der Waals surface area (Å²) < 4.78 is 7.48. The highest BCUT2D eigenvalue weighted by atomic mass is 16.6. The largest absolute Gasteiger partial charge is 0.444 e. The minimum absolute atomic E-state index is 0.240. The lowest BCUT2D eigenvalue weighted by Crippen LogP contribution is -2.43. The normalized spacial score (nSPS) is 20.1. The molecule has 8 nitrogen and oxygen atoms in total. The zero-order chi connectivity index (χ0) is 20.1. The SMILES string of the molecule is CC(C)(C)OC(=O)N1CCc2c(c3cccnc3n2C2CCC(=O)NC2=O)C1. The first kappa shape index (κ1) is 18.5. The average molecular weight is 384 g/mol. The topological polar surface area (TPSA) is 93.5 Å². The number of imide groups is 1. The highest BCUT2D eigenvalue weighted by molar-refractivity contribution is 6.00. The van der Waals surface area contributed by atoms with Crippen molar-refractivity contribution in [1.82, 2.24) is 19.8 Å². The van der Waals surface area contributed by atoms with E-state index in [4.69, 9.17) is 4.74 Å². The van der Waals surface area contributed by atoms with Gasteiger partial charge in [0.1, 0.15) is 17.3 Å². The number of nitrogens with zero attached hydrogens (tertiary/aromatic N) is 3. The molecule has 1 fully saturated rings. The number of rotatable bonds is 1. The summed E-state index contributed by atoms with van der Waals surface area (Å²) in [6.07, 6.45) is 2.71. The van der Waals surface area contributed by atoms with Crippen LogP contribution in [0.2, 0.25) is 0 Å². The molecule has 2 aliphatic heterocycles. The Bertz CT molecular complexity index is 972. The van der Waals surface area contributed by atoms with Gasteiger partial charge in [0.2, 0.25) is 11.8 Å². The number of carbonyl (C=O) groups excluding carboxylic acids is 3. The van der Waals surface area contributed by atoms with Crippen molar-refractivity contribution in [3.63, 3.8) is 0 Å². The first-order chi connectivity index (χ1) is 13.2. The number of amides is 3. The second-order valence-electron chi connectivity index (χ2n) is 8.29. The fourth-order valence-corrected chi connectivity index (χ4v) is 3.96. The molecular formula is C20H24N4O4. The van der Waals surface area contributed by atoms with Crippen LogP contribution in [0, 0.1) is 0 Å². The lowest BCUT2D eigenvalue weighted by atomic mass is 10.0. The van der Waals surface area contributed by atoms with Crippen molar-refractivity contribution in [3.05, 3.63) is 29.6 Å². The van der Waals surface area contributed by atoms with Crippen LogP contribution in [0.1, 0.15) is 50.9 Å². The van der Waals surface area contributed by atoms with Crippen LogP contribution in [0.3, 0.4) is 0 Å². The summed E-state index contributed by atoms with van der Waals surface area (Å²) in [5.41, 5.74) is 2.15. The van der Waals surface area contributed by atoms with Crippen LogP contribution in [0.15, 0.2) is 18.3 Å². The van der Waals surface area contributed by atoms with Crippen LogP contribution in [0.5, 0.6) is 0 Å². The standard InChI is InChI=1S/C20H24N4O4/c1-20(2,3)28-19(27)23-10-8-14-13(11-23)12-5-4-9-21-17(12)24(14)15-6-7-16(25)22-18(15)26/h4-5,9,15H,6-8,10-11H2,1-3H3,(H,22,25,26). The minimum atomic E-state index is -0.556. The Morgan fingerprint density at radius 2 is 2.07 bits per heavy atom. The number of ether oxygens (including phenoxy) is 1. The summed E-state index contributed by atoms with van der Waals surface area (Å²) in [5, 5.41) is 3.36. The van der Waals surface area contributed by atoms with Crippen LogP contribution in [-0.2, 0) is 27.3 Å². The van der Waals surface area contributed by atoms with Gasteiger partial charge in [-0.05, 0) is 39.3 Å². The number of nitrogens with one attached hydrogen (secondary N) is 1. The number of carbonyl (C=O) groups is 3. The van der Waals surface area contributed by atoms with Gasteiger partial charge in [0, 0.05) is 42.2 Å². The molecule has 3 amide bonds. The third-order valence-corrected chi connectivity index (χ3v) is 5.12.